The maximum absolute atomic E-state index is 11.9. The highest BCUT2D eigenvalue weighted by Crippen LogP contribution is 2.33. The molecular formula is C17H24N2O2. The van der Waals surface area contributed by atoms with Crippen LogP contribution in [0.25, 0.3) is 0 Å². The van der Waals surface area contributed by atoms with Crippen LogP contribution in [-0.4, -0.2) is 18.1 Å². The van der Waals surface area contributed by atoms with E-state index < -0.39 is 0 Å². The largest absolute Gasteiger partial charge is 0.490 e. The number of hydrogen-bond donors (Lipinski definition) is 2. The van der Waals surface area contributed by atoms with Crippen LogP contribution < -0.4 is 15.8 Å². The van der Waals surface area contributed by atoms with Crippen LogP contribution in [-0.2, 0) is 4.79 Å². The molecule has 0 aromatic heterocycles. The van der Waals surface area contributed by atoms with Crippen LogP contribution in [0.15, 0.2) is 24.3 Å². The van der Waals surface area contributed by atoms with Crippen molar-refractivity contribution in [2.75, 3.05) is 5.32 Å². The highest BCUT2D eigenvalue weighted by atomic mass is 16.5. The van der Waals surface area contributed by atoms with Gasteiger partial charge in [-0.15, -0.1) is 0 Å². The first-order valence-corrected chi connectivity index (χ1v) is 8.03. The van der Waals surface area contributed by atoms with Crippen LogP contribution in [0.1, 0.15) is 44.9 Å². The molecule has 21 heavy (non-hydrogen) atoms. The fourth-order valence-corrected chi connectivity index (χ4v) is 2.93. The summed E-state index contributed by atoms with van der Waals surface area (Å²) >= 11 is 0. The third-order valence-corrected chi connectivity index (χ3v) is 4.39. The average Bonchev–Trinajstić information content (AvgIpc) is 3.20. The molecule has 1 amide bonds. The van der Waals surface area contributed by atoms with E-state index in [1.54, 1.807) is 0 Å². The highest BCUT2D eigenvalue weighted by molar-refractivity contribution is 5.91. The van der Waals surface area contributed by atoms with Crippen molar-refractivity contribution in [3.05, 3.63) is 24.3 Å². The van der Waals surface area contributed by atoms with Crippen LogP contribution in [0.5, 0.6) is 5.75 Å². The molecule has 2 saturated carbocycles. The van der Waals surface area contributed by atoms with Crippen molar-refractivity contribution < 1.29 is 9.53 Å². The lowest BCUT2D eigenvalue weighted by molar-refractivity contribution is -0.116. The summed E-state index contributed by atoms with van der Waals surface area (Å²) in [6.07, 6.45) is 7.94. The van der Waals surface area contributed by atoms with Gasteiger partial charge in [0.1, 0.15) is 5.75 Å². The first kappa shape index (κ1) is 14.4. The van der Waals surface area contributed by atoms with Gasteiger partial charge >= 0.3 is 0 Å². The zero-order valence-corrected chi connectivity index (χ0v) is 12.4. The van der Waals surface area contributed by atoms with Gasteiger partial charge in [-0.05, 0) is 68.7 Å². The van der Waals surface area contributed by atoms with Gasteiger partial charge in [-0.2, -0.15) is 0 Å². The summed E-state index contributed by atoms with van der Waals surface area (Å²) in [6, 6.07) is 7.65. The van der Waals surface area contributed by atoms with E-state index in [2.05, 4.69) is 5.32 Å². The van der Waals surface area contributed by atoms with E-state index in [0.29, 0.717) is 18.4 Å². The predicted octanol–water partition coefficient (Wildman–Crippen LogP) is 3.07. The molecule has 2 aliphatic carbocycles. The van der Waals surface area contributed by atoms with Crippen molar-refractivity contribution in [2.24, 2.45) is 11.7 Å². The molecular weight excluding hydrogens is 264 g/mol. The lowest BCUT2D eigenvalue weighted by Crippen LogP contribution is -2.28. The molecule has 0 spiro atoms. The molecule has 3 rings (SSSR count). The van der Waals surface area contributed by atoms with Gasteiger partial charge in [-0.1, -0.05) is 0 Å². The monoisotopic (exact) mass is 288 g/mol. The maximum Gasteiger partial charge on any atom is 0.225 e. The van der Waals surface area contributed by atoms with E-state index in [1.807, 2.05) is 24.3 Å². The Morgan fingerprint density at radius 3 is 2.48 bits per heavy atom. The minimum Gasteiger partial charge on any atom is -0.490 e. The Kier molecular flexibility index (Phi) is 4.44. The van der Waals surface area contributed by atoms with E-state index in [1.165, 1.54) is 25.7 Å². The number of anilines is 1. The summed E-state index contributed by atoms with van der Waals surface area (Å²) in [4.78, 5) is 11.9. The van der Waals surface area contributed by atoms with Gasteiger partial charge in [-0.25, -0.2) is 0 Å². The van der Waals surface area contributed by atoms with Gasteiger partial charge in [0.15, 0.2) is 0 Å². The maximum atomic E-state index is 11.9. The normalized spacial score (nSPS) is 20.2. The topological polar surface area (TPSA) is 64.4 Å². The Bertz CT molecular complexity index is 476. The Morgan fingerprint density at radius 1 is 1.19 bits per heavy atom. The molecule has 4 heteroatoms. The molecule has 2 fully saturated rings. The number of amides is 1. The molecule has 0 aliphatic heterocycles. The first-order chi connectivity index (χ1) is 10.2. The quantitative estimate of drug-likeness (QED) is 0.845. The molecule has 0 radical (unpaired) electrons. The number of nitrogens with two attached hydrogens (primary N) is 1. The van der Waals surface area contributed by atoms with Gasteiger partial charge in [0.2, 0.25) is 5.91 Å². The summed E-state index contributed by atoms with van der Waals surface area (Å²) in [5, 5.41) is 2.90. The number of carbonyl (C=O) groups excluding carboxylic acids is 1. The standard InChI is InChI=1S/C17H24N2O2/c18-16(12-5-6-12)11-17(20)19-13-7-9-15(10-8-13)21-14-3-1-2-4-14/h7-10,12,14,16H,1-6,11,18H2,(H,19,20). The first-order valence-electron chi connectivity index (χ1n) is 8.03. The number of hydrogen-bond acceptors (Lipinski definition) is 3. The number of rotatable bonds is 6. The number of nitrogens with one attached hydrogen (secondary N) is 1. The van der Waals surface area contributed by atoms with Crippen LogP contribution in [0.2, 0.25) is 0 Å². The molecule has 0 bridgehead atoms. The third-order valence-electron chi connectivity index (χ3n) is 4.39. The molecule has 0 heterocycles. The Balaban J connectivity index is 1.47. The van der Waals surface area contributed by atoms with Crippen molar-refractivity contribution in [1.82, 2.24) is 0 Å². The van der Waals surface area contributed by atoms with Crippen molar-refractivity contribution in [3.8, 4) is 5.75 Å². The van der Waals surface area contributed by atoms with Crippen LogP contribution in [0.4, 0.5) is 5.69 Å². The molecule has 2 aliphatic rings. The number of benzene rings is 1. The molecule has 4 nitrogen and oxygen atoms in total. The lowest BCUT2D eigenvalue weighted by Gasteiger charge is -2.14. The lowest BCUT2D eigenvalue weighted by atomic mass is 10.1. The summed E-state index contributed by atoms with van der Waals surface area (Å²) in [5.74, 6) is 1.44. The minimum absolute atomic E-state index is 0.00105. The smallest absolute Gasteiger partial charge is 0.225 e. The Labute approximate surface area is 126 Å². The number of carbonyl (C=O) groups is 1. The molecule has 1 unspecified atom stereocenters. The third kappa shape index (κ3) is 4.21. The Morgan fingerprint density at radius 2 is 1.86 bits per heavy atom. The second-order valence-corrected chi connectivity index (χ2v) is 6.30. The van der Waals surface area contributed by atoms with Crippen LogP contribution in [0, 0.1) is 5.92 Å². The minimum atomic E-state index is -0.00105. The van der Waals surface area contributed by atoms with Crippen molar-refractivity contribution in [3.63, 3.8) is 0 Å². The molecule has 0 saturated heterocycles. The SMILES string of the molecule is NC(CC(=O)Nc1ccc(OC2CCCC2)cc1)C1CC1. The molecule has 114 valence electrons. The van der Waals surface area contributed by atoms with Crippen molar-refractivity contribution in [2.45, 2.75) is 57.1 Å². The molecule has 1 atom stereocenters. The van der Waals surface area contributed by atoms with Crippen LogP contribution >= 0.6 is 0 Å². The highest BCUT2D eigenvalue weighted by Gasteiger charge is 2.29. The van der Waals surface area contributed by atoms with Gasteiger partial charge < -0.3 is 15.8 Å². The molecule has 3 N–H and O–H groups in total. The van der Waals surface area contributed by atoms with Crippen LogP contribution in [0.3, 0.4) is 0 Å². The van der Waals surface area contributed by atoms with Gasteiger partial charge in [0.25, 0.3) is 0 Å². The summed E-state index contributed by atoms with van der Waals surface area (Å²) in [7, 11) is 0. The van der Waals surface area contributed by atoms with E-state index >= 15 is 0 Å². The van der Waals surface area contributed by atoms with E-state index in [0.717, 1.165) is 24.3 Å². The summed E-state index contributed by atoms with van der Waals surface area (Å²) in [5.41, 5.74) is 6.78. The fourth-order valence-electron chi connectivity index (χ4n) is 2.93. The van der Waals surface area contributed by atoms with E-state index in [-0.39, 0.29) is 11.9 Å². The number of ether oxygens (including phenoxy) is 1. The fraction of sp³-hybridized carbons (Fsp3) is 0.588. The van der Waals surface area contributed by atoms with Gasteiger partial charge in [-0.3, -0.25) is 4.79 Å². The van der Waals surface area contributed by atoms with E-state index in [4.69, 9.17) is 10.5 Å². The summed E-state index contributed by atoms with van der Waals surface area (Å²) < 4.78 is 5.91. The second-order valence-electron chi connectivity index (χ2n) is 6.30. The Hall–Kier alpha value is -1.55. The van der Waals surface area contributed by atoms with Gasteiger partial charge in [0, 0.05) is 18.2 Å². The van der Waals surface area contributed by atoms with Crippen molar-refractivity contribution >= 4 is 11.6 Å². The zero-order chi connectivity index (χ0) is 14.7. The molecule has 1 aromatic carbocycles. The molecule has 1 aromatic rings. The zero-order valence-electron chi connectivity index (χ0n) is 12.4. The van der Waals surface area contributed by atoms with Gasteiger partial charge in [0.05, 0.1) is 6.10 Å². The second kappa shape index (κ2) is 6.48. The average molecular weight is 288 g/mol. The van der Waals surface area contributed by atoms with Crippen molar-refractivity contribution in [1.29, 1.82) is 0 Å². The summed E-state index contributed by atoms with van der Waals surface area (Å²) in [6.45, 7) is 0. The predicted molar refractivity (Wildman–Crippen MR) is 83.3 cm³/mol. The van der Waals surface area contributed by atoms with E-state index in [9.17, 15) is 4.79 Å².